The molecule has 6 nitrogen and oxygen atoms in total. The normalized spacial score (nSPS) is 23.9. The maximum Gasteiger partial charge on any atom is 0.317 e. The van der Waals surface area contributed by atoms with E-state index >= 15 is 0 Å². The minimum Gasteiger partial charge on any atom is -0.383 e. The minimum absolute atomic E-state index is 0.220. The van der Waals surface area contributed by atoms with E-state index < -0.39 is 15.1 Å². The van der Waals surface area contributed by atoms with Crippen molar-refractivity contribution in [2.75, 3.05) is 33.6 Å². The molecular formula is C11H22N2O4S. The molecule has 0 aliphatic heterocycles. The predicted octanol–water partition coefficient (Wildman–Crippen LogP) is 0.240. The van der Waals surface area contributed by atoms with Gasteiger partial charge in [-0.15, -0.1) is 0 Å². The van der Waals surface area contributed by atoms with Gasteiger partial charge in [-0.05, 0) is 19.3 Å². The molecule has 0 spiro atoms. The van der Waals surface area contributed by atoms with Gasteiger partial charge < -0.3 is 15.0 Å². The lowest BCUT2D eigenvalue weighted by Crippen LogP contribution is -2.49. The fraction of sp³-hybridized carbons (Fsp3) is 0.909. The lowest BCUT2D eigenvalue weighted by atomic mass is 10.2. The smallest absolute Gasteiger partial charge is 0.317 e. The van der Waals surface area contributed by atoms with Crippen LogP contribution in [0, 0.1) is 0 Å². The highest BCUT2D eigenvalue weighted by atomic mass is 32.2. The average molecular weight is 278 g/mol. The van der Waals surface area contributed by atoms with Gasteiger partial charge in [-0.25, -0.2) is 13.2 Å². The second-order valence-electron chi connectivity index (χ2n) is 4.70. The lowest BCUT2D eigenvalue weighted by molar-refractivity contribution is 0.175. The SMILES string of the molecule is COCCNC(=O)N(C)[C@H]1CCC[C@@H]1S(C)(=O)=O. The maximum atomic E-state index is 11.8. The highest BCUT2D eigenvalue weighted by molar-refractivity contribution is 7.91. The molecule has 1 aliphatic rings. The summed E-state index contributed by atoms with van der Waals surface area (Å²) in [6.45, 7) is 0.871. The summed E-state index contributed by atoms with van der Waals surface area (Å²) in [4.78, 5) is 13.4. The molecule has 0 aromatic heterocycles. The van der Waals surface area contributed by atoms with Crippen molar-refractivity contribution in [1.29, 1.82) is 0 Å². The third-order valence-electron chi connectivity index (χ3n) is 3.37. The van der Waals surface area contributed by atoms with Crippen molar-refractivity contribution in [3.63, 3.8) is 0 Å². The Bertz CT molecular complexity index is 383. The number of methoxy groups -OCH3 is 1. The number of rotatable bonds is 5. The predicted molar refractivity (Wildman–Crippen MR) is 69.3 cm³/mol. The largest absolute Gasteiger partial charge is 0.383 e. The number of urea groups is 1. The standard InChI is InChI=1S/C11H22N2O4S/c1-13(11(14)12-7-8-17-2)9-5-4-6-10(9)18(3,15)16/h9-10H,4-8H2,1-3H3,(H,12,14)/t9-,10-/m0/s1. The van der Waals surface area contributed by atoms with Crippen LogP contribution in [0.5, 0.6) is 0 Å². The van der Waals surface area contributed by atoms with Gasteiger partial charge in [0.25, 0.3) is 0 Å². The molecule has 0 bridgehead atoms. The van der Waals surface area contributed by atoms with E-state index in [1.165, 1.54) is 11.2 Å². The van der Waals surface area contributed by atoms with Crippen LogP contribution in [0.15, 0.2) is 0 Å². The molecule has 1 rings (SSSR count). The topological polar surface area (TPSA) is 75.7 Å². The number of hydrogen-bond acceptors (Lipinski definition) is 4. The van der Waals surface area contributed by atoms with Gasteiger partial charge in [-0.1, -0.05) is 0 Å². The zero-order valence-corrected chi connectivity index (χ0v) is 12.0. The summed E-state index contributed by atoms with van der Waals surface area (Å²) >= 11 is 0. The molecule has 0 heterocycles. The first-order chi connectivity index (χ1) is 8.38. The van der Waals surface area contributed by atoms with Crippen LogP contribution in [0.1, 0.15) is 19.3 Å². The molecule has 106 valence electrons. The van der Waals surface area contributed by atoms with Crippen LogP contribution in [0.25, 0.3) is 0 Å². The van der Waals surface area contributed by atoms with E-state index in [4.69, 9.17) is 4.74 Å². The molecule has 1 N–H and O–H groups in total. The lowest BCUT2D eigenvalue weighted by Gasteiger charge is -2.28. The molecule has 1 fully saturated rings. The van der Waals surface area contributed by atoms with Crippen LogP contribution >= 0.6 is 0 Å². The summed E-state index contributed by atoms with van der Waals surface area (Å²) < 4.78 is 28.1. The monoisotopic (exact) mass is 278 g/mol. The molecule has 1 aliphatic carbocycles. The van der Waals surface area contributed by atoms with E-state index in [1.54, 1.807) is 14.2 Å². The molecule has 0 saturated heterocycles. The zero-order valence-electron chi connectivity index (χ0n) is 11.2. The summed E-state index contributed by atoms with van der Waals surface area (Å²) in [5.41, 5.74) is 0. The number of carbonyl (C=O) groups is 1. The van der Waals surface area contributed by atoms with E-state index in [9.17, 15) is 13.2 Å². The van der Waals surface area contributed by atoms with Crippen molar-refractivity contribution in [3.05, 3.63) is 0 Å². The van der Waals surface area contributed by atoms with Gasteiger partial charge in [0.1, 0.15) is 0 Å². The second-order valence-corrected chi connectivity index (χ2v) is 6.97. The first-order valence-electron chi connectivity index (χ1n) is 6.06. The van der Waals surface area contributed by atoms with Crippen LogP contribution in [-0.4, -0.2) is 64.2 Å². The Morgan fingerprint density at radius 1 is 1.44 bits per heavy atom. The first kappa shape index (κ1) is 15.2. The first-order valence-corrected chi connectivity index (χ1v) is 8.02. The van der Waals surface area contributed by atoms with Gasteiger partial charge in [0.05, 0.1) is 11.9 Å². The second kappa shape index (κ2) is 6.38. The van der Waals surface area contributed by atoms with Crippen molar-refractivity contribution < 1.29 is 17.9 Å². The Hall–Kier alpha value is -0.820. The highest BCUT2D eigenvalue weighted by Gasteiger charge is 2.38. The zero-order chi connectivity index (χ0) is 13.8. The minimum atomic E-state index is -3.10. The molecule has 1 saturated carbocycles. The molecule has 2 atom stereocenters. The third kappa shape index (κ3) is 3.84. The Morgan fingerprint density at radius 3 is 2.67 bits per heavy atom. The molecule has 18 heavy (non-hydrogen) atoms. The Morgan fingerprint density at radius 2 is 2.11 bits per heavy atom. The van der Waals surface area contributed by atoms with Gasteiger partial charge >= 0.3 is 6.03 Å². The molecule has 0 radical (unpaired) electrons. The number of ether oxygens (including phenoxy) is 1. The summed E-state index contributed by atoms with van der Waals surface area (Å²) in [7, 11) is 0.109. The number of nitrogens with one attached hydrogen (secondary N) is 1. The van der Waals surface area contributed by atoms with E-state index in [2.05, 4.69) is 5.32 Å². The van der Waals surface area contributed by atoms with Crippen LogP contribution in [0.2, 0.25) is 0 Å². The fourth-order valence-electron chi connectivity index (χ4n) is 2.38. The number of carbonyl (C=O) groups excluding carboxylic acids is 1. The van der Waals surface area contributed by atoms with Crippen LogP contribution in [0.4, 0.5) is 4.79 Å². The number of nitrogens with zero attached hydrogens (tertiary/aromatic N) is 1. The Labute approximate surface area is 109 Å². The van der Waals surface area contributed by atoms with Gasteiger partial charge in [-0.2, -0.15) is 0 Å². The quantitative estimate of drug-likeness (QED) is 0.731. The number of hydrogen-bond donors (Lipinski definition) is 1. The van der Waals surface area contributed by atoms with E-state index in [-0.39, 0.29) is 12.1 Å². The Kier molecular flexibility index (Phi) is 5.40. The summed E-state index contributed by atoms with van der Waals surface area (Å²) in [6, 6.07) is -0.463. The number of amides is 2. The fourth-order valence-corrected chi connectivity index (χ4v) is 3.87. The van der Waals surface area contributed by atoms with Crippen molar-refractivity contribution in [1.82, 2.24) is 10.2 Å². The number of sulfone groups is 1. The molecule has 2 amide bonds. The summed E-state index contributed by atoms with van der Waals surface area (Å²) in [5, 5.41) is 2.26. The van der Waals surface area contributed by atoms with E-state index in [0.29, 0.717) is 19.6 Å². The Balaban J connectivity index is 2.60. The van der Waals surface area contributed by atoms with Crippen LogP contribution in [0.3, 0.4) is 0 Å². The van der Waals surface area contributed by atoms with Crippen molar-refractivity contribution in [3.8, 4) is 0 Å². The maximum absolute atomic E-state index is 11.8. The summed E-state index contributed by atoms with van der Waals surface area (Å²) in [6.07, 6.45) is 3.47. The van der Waals surface area contributed by atoms with Crippen molar-refractivity contribution in [2.45, 2.75) is 30.6 Å². The third-order valence-corrected chi connectivity index (χ3v) is 5.02. The van der Waals surface area contributed by atoms with Gasteiger partial charge in [0, 0.05) is 33.0 Å². The van der Waals surface area contributed by atoms with Crippen molar-refractivity contribution >= 4 is 15.9 Å². The van der Waals surface area contributed by atoms with Gasteiger partial charge in [0.2, 0.25) is 0 Å². The van der Waals surface area contributed by atoms with Gasteiger partial charge in [-0.3, -0.25) is 0 Å². The molecule has 0 aromatic carbocycles. The van der Waals surface area contributed by atoms with Crippen LogP contribution in [-0.2, 0) is 14.6 Å². The molecule has 0 unspecified atom stereocenters. The van der Waals surface area contributed by atoms with Crippen molar-refractivity contribution in [2.24, 2.45) is 0 Å². The van der Waals surface area contributed by atoms with Gasteiger partial charge in [0.15, 0.2) is 9.84 Å². The molecule has 0 aromatic rings. The molecular weight excluding hydrogens is 256 g/mol. The van der Waals surface area contributed by atoms with E-state index in [0.717, 1.165) is 12.8 Å². The van der Waals surface area contributed by atoms with E-state index in [1.807, 2.05) is 0 Å². The highest BCUT2D eigenvalue weighted by Crippen LogP contribution is 2.28. The molecule has 7 heteroatoms. The van der Waals surface area contributed by atoms with Crippen LogP contribution < -0.4 is 5.32 Å². The average Bonchev–Trinajstić information content (AvgIpc) is 2.76. The summed E-state index contributed by atoms with van der Waals surface area (Å²) in [5.74, 6) is 0.